The molecule has 1 aromatic rings. The molecule has 1 saturated carbocycles. The minimum absolute atomic E-state index is 0.0338. The molecule has 100 valence electrons. The summed E-state index contributed by atoms with van der Waals surface area (Å²) >= 11 is 1.25. The normalized spacial score (nSPS) is 29.3. The Morgan fingerprint density at radius 1 is 1.39 bits per heavy atom. The van der Waals surface area contributed by atoms with Gasteiger partial charge < -0.3 is 10.5 Å². The molecule has 2 N–H and O–H groups in total. The molecule has 1 aromatic heterocycles. The molecule has 1 aliphatic carbocycles. The Morgan fingerprint density at radius 2 is 2.22 bits per heavy atom. The Labute approximate surface area is 112 Å². The first-order valence-corrected chi connectivity index (χ1v) is 7.69. The minimum Gasteiger partial charge on any atom is -0.375 e. The van der Waals surface area contributed by atoms with Crippen molar-refractivity contribution in [1.29, 1.82) is 0 Å². The summed E-state index contributed by atoms with van der Waals surface area (Å²) in [5, 5.41) is 0. The van der Waals surface area contributed by atoms with Crippen LogP contribution < -0.4 is 5.73 Å². The maximum atomic E-state index is 6.35. The van der Waals surface area contributed by atoms with Gasteiger partial charge in [-0.2, -0.15) is 8.75 Å². The van der Waals surface area contributed by atoms with Crippen molar-refractivity contribution in [1.82, 2.24) is 8.75 Å². The fourth-order valence-corrected chi connectivity index (χ4v) is 3.94. The summed E-state index contributed by atoms with van der Waals surface area (Å²) in [6.07, 6.45) is 10.4. The SMILES string of the molecule is NC(c1cnsn1)C1CCOC2(CCCCC2)C1. The number of hydrogen-bond acceptors (Lipinski definition) is 5. The molecule has 4 nitrogen and oxygen atoms in total. The largest absolute Gasteiger partial charge is 0.375 e. The molecule has 2 fully saturated rings. The number of ether oxygens (including phenoxy) is 1. The first-order valence-electron chi connectivity index (χ1n) is 6.96. The molecule has 0 aromatic carbocycles. The van der Waals surface area contributed by atoms with Crippen LogP contribution >= 0.6 is 11.7 Å². The minimum atomic E-state index is 0.0338. The summed E-state index contributed by atoms with van der Waals surface area (Å²) in [5.74, 6) is 0.501. The van der Waals surface area contributed by atoms with Gasteiger partial charge in [0.05, 0.1) is 35.3 Å². The molecule has 2 aliphatic rings. The number of hydrogen-bond donors (Lipinski definition) is 1. The van der Waals surface area contributed by atoms with Crippen molar-refractivity contribution in [3.8, 4) is 0 Å². The van der Waals surface area contributed by atoms with Gasteiger partial charge in [0.15, 0.2) is 0 Å². The van der Waals surface area contributed by atoms with E-state index in [9.17, 15) is 0 Å². The van der Waals surface area contributed by atoms with E-state index in [1.165, 1.54) is 43.8 Å². The zero-order chi connectivity index (χ0) is 12.4. The molecular weight excluding hydrogens is 246 g/mol. The maximum Gasteiger partial charge on any atom is 0.0912 e. The summed E-state index contributed by atoms with van der Waals surface area (Å²) in [6, 6.07) is 0.0338. The monoisotopic (exact) mass is 267 g/mol. The van der Waals surface area contributed by atoms with Crippen LogP contribution in [0, 0.1) is 5.92 Å². The van der Waals surface area contributed by atoms with Crippen LogP contribution in [0.25, 0.3) is 0 Å². The van der Waals surface area contributed by atoms with Crippen LogP contribution in [-0.2, 0) is 4.74 Å². The lowest BCUT2D eigenvalue weighted by Crippen LogP contribution is -2.44. The molecule has 2 atom stereocenters. The molecule has 0 radical (unpaired) electrons. The van der Waals surface area contributed by atoms with Crippen LogP contribution in [0.4, 0.5) is 0 Å². The van der Waals surface area contributed by atoms with Crippen molar-refractivity contribution in [3.05, 3.63) is 11.9 Å². The fraction of sp³-hybridized carbons (Fsp3) is 0.846. The van der Waals surface area contributed by atoms with E-state index >= 15 is 0 Å². The van der Waals surface area contributed by atoms with Crippen LogP contribution in [0.3, 0.4) is 0 Å². The molecular formula is C13H21N3OS. The first kappa shape index (κ1) is 12.5. The van der Waals surface area contributed by atoms with Crippen molar-refractivity contribution in [2.45, 2.75) is 56.6 Å². The second kappa shape index (κ2) is 5.23. The Bertz CT molecular complexity index is 370. The molecule has 1 aliphatic heterocycles. The predicted octanol–water partition coefficient (Wildman–Crippen LogP) is 2.67. The summed E-state index contributed by atoms with van der Waals surface area (Å²) < 4.78 is 14.5. The predicted molar refractivity (Wildman–Crippen MR) is 71.3 cm³/mol. The number of nitrogens with two attached hydrogens (primary N) is 1. The third-order valence-electron chi connectivity index (χ3n) is 4.52. The third-order valence-corrected chi connectivity index (χ3v) is 5.02. The Balaban J connectivity index is 1.70. The van der Waals surface area contributed by atoms with E-state index in [1.807, 2.05) is 6.20 Å². The highest BCUT2D eigenvalue weighted by Gasteiger charge is 2.40. The fourth-order valence-electron chi connectivity index (χ4n) is 3.48. The molecule has 5 heteroatoms. The van der Waals surface area contributed by atoms with E-state index in [-0.39, 0.29) is 11.6 Å². The average molecular weight is 267 g/mol. The van der Waals surface area contributed by atoms with E-state index in [0.717, 1.165) is 25.1 Å². The van der Waals surface area contributed by atoms with Crippen LogP contribution in [0.2, 0.25) is 0 Å². The van der Waals surface area contributed by atoms with Gasteiger partial charge in [-0.15, -0.1) is 0 Å². The first-order chi connectivity index (χ1) is 8.79. The average Bonchev–Trinajstić information content (AvgIpc) is 2.93. The lowest BCUT2D eigenvalue weighted by atomic mass is 9.74. The van der Waals surface area contributed by atoms with Gasteiger partial charge in [0, 0.05) is 6.61 Å². The van der Waals surface area contributed by atoms with Crippen LogP contribution in [0.5, 0.6) is 0 Å². The lowest BCUT2D eigenvalue weighted by Gasteiger charge is -2.44. The van der Waals surface area contributed by atoms with Crippen molar-refractivity contribution < 1.29 is 4.74 Å². The molecule has 1 saturated heterocycles. The van der Waals surface area contributed by atoms with Crippen molar-refractivity contribution >= 4 is 11.7 Å². The summed E-state index contributed by atoms with van der Waals surface area (Å²) in [6.45, 7) is 0.857. The summed E-state index contributed by atoms with van der Waals surface area (Å²) in [5.41, 5.74) is 7.44. The Hall–Kier alpha value is -0.520. The smallest absolute Gasteiger partial charge is 0.0912 e. The van der Waals surface area contributed by atoms with Crippen LogP contribution in [-0.4, -0.2) is 21.0 Å². The topological polar surface area (TPSA) is 61.0 Å². The van der Waals surface area contributed by atoms with Gasteiger partial charge in [0.2, 0.25) is 0 Å². The van der Waals surface area contributed by atoms with Gasteiger partial charge in [-0.3, -0.25) is 0 Å². The molecule has 2 heterocycles. The zero-order valence-electron chi connectivity index (χ0n) is 10.7. The number of aromatic nitrogens is 2. The quantitative estimate of drug-likeness (QED) is 0.895. The standard InChI is InChI=1S/C13H21N3OS/c14-12(11-9-15-18-16-11)10-4-7-17-13(8-10)5-2-1-3-6-13/h9-10,12H,1-8,14H2. The van der Waals surface area contributed by atoms with Gasteiger partial charge >= 0.3 is 0 Å². The Kier molecular flexibility index (Phi) is 3.63. The van der Waals surface area contributed by atoms with Crippen molar-refractivity contribution in [2.24, 2.45) is 11.7 Å². The maximum absolute atomic E-state index is 6.35. The van der Waals surface area contributed by atoms with Gasteiger partial charge in [0.25, 0.3) is 0 Å². The highest BCUT2D eigenvalue weighted by atomic mass is 32.1. The molecule has 0 amide bonds. The highest BCUT2D eigenvalue weighted by Crippen LogP contribution is 2.43. The van der Waals surface area contributed by atoms with Crippen LogP contribution in [0.15, 0.2) is 6.20 Å². The molecule has 3 rings (SSSR count). The summed E-state index contributed by atoms with van der Waals surface area (Å²) in [4.78, 5) is 0. The van der Waals surface area contributed by atoms with Crippen molar-refractivity contribution in [3.63, 3.8) is 0 Å². The van der Waals surface area contributed by atoms with E-state index in [2.05, 4.69) is 8.75 Å². The molecule has 18 heavy (non-hydrogen) atoms. The number of rotatable bonds is 2. The Morgan fingerprint density at radius 3 is 2.94 bits per heavy atom. The van der Waals surface area contributed by atoms with E-state index in [1.54, 1.807) is 0 Å². The zero-order valence-corrected chi connectivity index (χ0v) is 11.5. The van der Waals surface area contributed by atoms with Gasteiger partial charge in [-0.1, -0.05) is 19.3 Å². The highest BCUT2D eigenvalue weighted by molar-refractivity contribution is 6.99. The van der Waals surface area contributed by atoms with E-state index < -0.39 is 0 Å². The van der Waals surface area contributed by atoms with E-state index in [4.69, 9.17) is 10.5 Å². The van der Waals surface area contributed by atoms with Gasteiger partial charge in [-0.05, 0) is 31.6 Å². The number of nitrogens with zero attached hydrogens (tertiary/aromatic N) is 2. The van der Waals surface area contributed by atoms with Gasteiger partial charge in [-0.25, -0.2) is 0 Å². The second-order valence-corrected chi connectivity index (χ2v) is 6.26. The molecule has 0 bridgehead atoms. The van der Waals surface area contributed by atoms with Crippen molar-refractivity contribution in [2.75, 3.05) is 6.61 Å². The molecule has 2 unspecified atom stereocenters. The molecule has 1 spiro atoms. The lowest BCUT2D eigenvalue weighted by molar-refractivity contribution is -0.120. The second-order valence-electron chi connectivity index (χ2n) is 5.70. The third kappa shape index (κ3) is 2.44. The summed E-state index contributed by atoms with van der Waals surface area (Å²) in [7, 11) is 0. The van der Waals surface area contributed by atoms with Crippen LogP contribution in [0.1, 0.15) is 56.7 Å². The van der Waals surface area contributed by atoms with E-state index in [0.29, 0.717) is 5.92 Å². The van der Waals surface area contributed by atoms with Gasteiger partial charge in [0.1, 0.15) is 0 Å².